The van der Waals surface area contributed by atoms with Crippen LogP contribution in [0, 0.1) is 0 Å². The van der Waals surface area contributed by atoms with E-state index >= 15 is 0 Å². The van der Waals surface area contributed by atoms with Gasteiger partial charge in [0.25, 0.3) is 5.91 Å². The Bertz CT molecular complexity index is 1100. The van der Waals surface area contributed by atoms with Crippen molar-refractivity contribution < 1.29 is 18.8 Å². The monoisotopic (exact) mass is 482 g/mol. The third-order valence-corrected chi connectivity index (χ3v) is 5.97. The molecule has 1 N–H and O–H groups in total. The summed E-state index contributed by atoms with van der Waals surface area (Å²) in [6.07, 6.45) is 4.34. The molecule has 1 aliphatic heterocycles. The zero-order valence-corrected chi connectivity index (χ0v) is 19.5. The lowest BCUT2D eigenvalue weighted by Gasteiger charge is -2.24. The molecule has 178 valence electrons. The molecule has 1 aliphatic rings. The van der Waals surface area contributed by atoms with Gasteiger partial charge in [-0.2, -0.15) is 0 Å². The first-order valence-electron chi connectivity index (χ1n) is 11.4. The molecular formula is C25H27ClN4O4. The van der Waals surface area contributed by atoms with Crippen molar-refractivity contribution in [2.75, 3.05) is 26.2 Å². The van der Waals surface area contributed by atoms with Crippen molar-refractivity contribution in [3.63, 3.8) is 0 Å². The van der Waals surface area contributed by atoms with Crippen molar-refractivity contribution in [3.05, 3.63) is 71.1 Å². The van der Waals surface area contributed by atoms with Gasteiger partial charge in [-0.3, -0.25) is 14.6 Å². The van der Waals surface area contributed by atoms with E-state index in [4.69, 9.17) is 20.9 Å². The predicted octanol–water partition coefficient (Wildman–Crippen LogP) is 3.76. The van der Waals surface area contributed by atoms with Crippen LogP contribution in [0.5, 0.6) is 0 Å². The van der Waals surface area contributed by atoms with E-state index in [1.54, 1.807) is 29.3 Å². The second-order valence-corrected chi connectivity index (χ2v) is 8.52. The molecule has 8 nitrogen and oxygen atoms in total. The van der Waals surface area contributed by atoms with Gasteiger partial charge in [0.05, 0.1) is 11.1 Å². The number of hydrogen-bond donors (Lipinski definition) is 1. The average molecular weight is 483 g/mol. The Morgan fingerprint density at radius 3 is 2.79 bits per heavy atom. The molecule has 0 spiro atoms. The number of nitrogens with one attached hydrogen (secondary N) is 1. The Kier molecular flexibility index (Phi) is 8.27. The maximum atomic E-state index is 13.2. The first kappa shape index (κ1) is 23.9. The van der Waals surface area contributed by atoms with E-state index in [9.17, 15) is 9.59 Å². The minimum absolute atomic E-state index is 0.0499. The van der Waals surface area contributed by atoms with Gasteiger partial charge in [0.1, 0.15) is 0 Å². The van der Waals surface area contributed by atoms with Crippen molar-refractivity contribution >= 4 is 23.4 Å². The highest BCUT2D eigenvalue weighted by Crippen LogP contribution is 2.28. The van der Waals surface area contributed by atoms with Gasteiger partial charge >= 0.3 is 0 Å². The third kappa shape index (κ3) is 6.42. The first-order valence-corrected chi connectivity index (χ1v) is 11.8. The lowest BCUT2D eigenvalue weighted by molar-refractivity contribution is -0.121. The van der Waals surface area contributed by atoms with Crippen molar-refractivity contribution in [1.29, 1.82) is 0 Å². The van der Waals surface area contributed by atoms with Crippen LogP contribution in [0.2, 0.25) is 5.02 Å². The van der Waals surface area contributed by atoms with Crippen LogP contribution in [0.25, 0.3) is 11.3 Å². The third-order valence-electron chi connectivity index (χ3n) is 5.64. The van der Waals surface area contributed by atoms with E-state index < -0.39 is 0 Å². The molecule has 0 unspecified atom stereocenters. The van der Waals surface area contributed by atoms with Crippen LogP contribution < -0.4 is 5.32 Å². The number of nitrogens with zero attached hydrogens (tertiary/aromatic N) is 3. The van der Waals surface area contributed by atoms with Gasteiger partial charge in [0.2, 0.25) is 5.91 Å². The molecule has 2 aromatic heterocycles. The lowest BCUT2D eigenvalue weighted by Crippen LogP contribution is -2.40. The maximum absolute atomic E-state index is 13.2. The normalized spacial score (nSPS) is 15.3. The van der Waals surface area contributed by atoms with Gasteiger partial charge in [0.15, 0.2) is 11.5 Å². The molecular weight excluding hydrogens is 456 g/mol. The summed E-state index contributed by atoms with van der Waals surface area (Å²) < 4.78 is 11.1. The van der Waals surface area contributed by atoms with Crippen LogP contribution in [0.15, 0.2) is 59.3 Å². The number of carbonyl (C=O) groups is 2. The second kappa shape index (κ2) is 11.8. The fourth-order valence-electron chi connectivity index (χ4n) is 3.84. The lowest BCUT2D eigenvalue weighted by atomic mass is 10.1. The summed E-state index contributed by atoms with van der Waals surface area (Å²) >= 11 is 6.24. The van der Waals surface area contributed by atoms with Gasteiger partial charge < -0.3 is 19.5 Å². The minimum atomic E-state index is -0.307. The standard InChI is InChI=1S/C25H27ClN4O4/c26-21-9-2-1-8-20(21)23-16-22(29-34-23)25(32)30(17-19-7-5-15-33-19)14-11-24(31)28-13-10-18-6-3-4-12-27-18/h1-4,6,8-9,12,16,19H,5,7,10-11,13-15,17H2,(H,28,31)/t19-/m1/s1. The van der Waals surface area contributed by atoms with Crippen molar-refractivity contribution in [3.8, 4) is 11.3 Å². The summed E-state index contributed by atoms with van der Waals surface area (Å²) in [5.74, 6) is -0.0184. The zero-order valence-electron chi connectivity index (χ0n) is 18.8. The van der Waals surface area contributed by atoms with Crippen LogP contribution in [0.1, 0.15) is 35.4 Å². The largest absolute Gasteiger partial charge is 0.376 e. The van der Waals surface area contributed by atoms with E-state index in [-0.39, 0.29) is 36.6 Å². The van der Waals surface area contributed by atoms with Gasteiger partial charge in [-0.15, -0.1) is 0 Å². The van der Waals surface area contributed by atoms with Crippen LogP contribution in [0.4, 0.5) is 0 Å². The number of pyridine rings is 1. The van der Waals surface area contributed by atoms with Crippen molar-refractivity contribution in [2.45, 2.75) is 31.8 Å². The molecule has 1 atom stereocenters. The smallest absolute Gasteiger partial charge is 0.276 e. The van der Waals surface area contributed by atoms with Crippen LogP contribution >= 0.6 is 11.6 Å². The number of halogens is 1. The Hall–Kier alpha value is -3.23. The zero-order chi connectivity index (χ0) is 23.8. The molecule has 1 aromatic carbocycles. The van der Waals surface area contributed by atoms with Gasteiger partial charge in [-0.25, -0.2) is 0 Å². The van der Waals surface area contributed by atoms with E-state index in [1.165, 1.54) is 0 Å². The van der Waals surface area contributed by atoms with E-state index in [0.29, 0.717) is 42.5 Å². The van der Waals surface area contributed by atoms with E-state index in [2.05, 4.69) is 15.5 Å². The van der Waals surface area contributed by atoms with Crippen molar-refractivity contribution in [2.24, 2.45) is 0 Å². The van der Waals surface area contributed by atoms with Gasteiger partial charge in [-0.1, -0.05) is 35.0 Å². The maximum Gasteiger partial charge on any atom is 0.276 e. The van der Waals surface area contributed by atoms with Crippen LogP contribution in [-0.2, 0) is 16.0 Å². The van der Waals surface area contributed by atoms with Crippen LogP contribution in [-0.4, -0.2) is 59.2 Å². The van der Waals surface area contributed by atoms with Gasteiger partial charge in [-0.05, 0) is 37.1 Å². The molecule has 3 aromatic rings. The van der Waals surface area contributed by atoms with Gasteiger partial charge in [0, 0.05) is 62.6 Å². The summed E-state index contributed by atoms with van der Waals surface area (Å²) in [5, 5.41) is 7.37. The number of aromatic nitrogens is 2. The Balaban J connectivity index is 1.37. The summed E-state index contributed by atoms with van der Waals surface area (Å²) in [6, 6.07) is 14.5. The summed E-state index contributed by atoms with van der Waals surface area (Å²) in [7, 11) is 0. The summed E-state index contributed by atoms with van der Waals surface area (Å²) in [6.45, 7) is 1.82. The number of benzene rings is 1. The number of amides is 2. The molecule has 1 fully saturated rings. The molecule has 0 saturated carbocycles. The highest BCUT2D eigenvalue weighted by Gasteiger charge is 2.26. The van der Waals surface area contributed by atoms with Crippen LogP contribution in [0.3, 0.4) is 0 Å². The number of ether oxygens (including phenoxy) is 1. The minimum Gasteiger partial charge on any atom is -0.376 e. The molecule has 1 saturated heterocycles. The second-order valence-electron chi connectivity index (χ2n) is 8.11. The molecule has 4 rings (SSSR count). The molecule has 34 heavy (non-hydrogen) atoms. The SMILES string of the molecule is O=C(CCN(C[C@H]1CCCO1)C(=O)c1cc(-c2ccccc2Cl)on1)NCCc1ccccn1. The van der Waals surface area contributed by atoms with Crippen molar-refractivity contribution in [1.82, 2.24) is 20.4 Å². The van der Waals surface area contributed by atoms with E-state index in [0.717, 1.165) is 18.5 Å². The predicted molar refractivity (Wildman–Crippen MR) is 127 cm³/mol. The molecule has 0 bridgehead atoms. The number of hydrogen-bond acceptors (Lipinski definition) is 6. The molecule has 0 aliphatic carbocycles. The Labute approximate surface area is 203 Å². The first-order chi connectivity index (χ1) is 16.6. The fraction of sp³-hybridized carbons (Fsp3) is 0.360. The number of rotatable bonds is 10. The molecule has 9 heteroatoms. The fourth-order valence-corrected chi connectivity index (χ4v) is 4.07. The molecule has 0 radical (unpaired) electrons. The molecule has 2 amide bonds. The van der Waals surface area contributed by atoms with E-state index in [1.807, 2.05) is 30.3 Å². The topological polar surface area (TPSA) is 97.6 Å². The summed E-state index contributed by atoms with van der Waals surface area (Å²) in [5.41, 5.74) is 1.75. The Morgan fingerprint density at radius 2 is 2.03 bits per heavy atom. The quantitative estimate of drug-likeness (QED) is 0.472. The molecule has 3 heterocycles. The summed E-state index contributed by atoms with van der Waals surface area (Å²) in [4.78, 5) is 31.5. The highest BCUT2D eigenvalue weighted by molar-refractivity contribution is 6.33. The highest BCUT2D eigenvalue weighted by atomic mass is 35.5. The average Bonchev–Trinajstić information content (AvgIpc) is 3.55. The Morgan fingerprint density at radius 1 is 1.18 bits per heavy atom. The number of carbonyl (C=O) groups excluding carboxylic acids is 2.